The molecule has 0 saturated carbocycles. The van der Waals surface area contributed by atoms with Crippen LogP contribution >= 0.6 is 0 Å². The molecule has 3 nitrogen and oxygen atoms in total. The molecular formula is C8H4FNO2. The number of hydrogen-bond acceptors (Lipinski definition) is 3. The number of hydrogen-bond donors (Lipinski definition) is 0. The molecule has 0 aliphatic rings. The zero-order chi connectivity index (χ0) is 8.55. The standard InChI is InChI=1S/C8H4FNO2/c9-8-5-2-1-3-7(10-11)6(5)4-12-8/h1-4H. The quantitative estimate of drug-likeness (QED) is 0.609. The van der Waals surface area contributed by atoms with Gasteiger partial charge in [0.15, 0.2) is 0 Å². The maximum absolute atomic E-state index is 12.8. The smallest absolute Gasteiger partial charge is 0.285 e. The van der Waals surface area contributed by atoms with Gasteiger partial charge in [-0.3, -0.25) is 0 Å². The molecule has 0 spiro atoms. The molecule has 0 bridgehead atoms. The summed E-state index contributed by atoms with van der Waals surface area (Å²) in [4.78, 5) is 10.2. The lowest BCUT2D eigenvalue weighted by molar-refractivity contribution is 0.366. The molecule has 4 heteroatoms. The van der Waals surface area contributed by atoms with E-state index in [9.17, 15) is 9.30 Å². The Morgan fingerprint density at radius 1 is 1.33 bits per heavy atom. The minimum atomic E-state index is -0.685. The Morgan fingerprint density at radius 3 is 2.92 bits per heavy atom. The van der Waals surface area contributed by atoms with Gasteiger partial charge in [-0.2, -0.15) is 4.39 Å². The van der Waals surface area contributed by atoms with Gasteiger partial charge in [-0.05, 0) is 17.3 Å². The Labute approximate surface area is 66.8 Å². The number of furan rings is 1. The predicted molar refractivity (Wildman–Crippen MR) is 41.6 cm³/mol. The number of nitroso groups, excluding NO2 is 1. The fourth-order valence-corrected chi connectivity index (χ4v) is 1.10. The highest BCUT2D eigenvalue weighted by Gasteiger charge is 2.08. The molecule has 0 N–H and O–H groups in total. The topological polar surface area (TPSA) is 42.6 Å². The van der Waals surface area contributed by atoms with E-state index in [1.54, 1.807) is 6.07 Å². The van der Waals surface area contributed by atoms with Crippen LogP contribution in [0.3, 0.4) is 0 Å². The Hall–Kier alpha value is -1.71. The lowest BCUT2D eigenvalue weighted by Crippen LogP contribution is -1.68. The van der Waals surface area contributed by atoms with E-state index in [0.717, 1.165) is 0 Å². The Morgan fingerprint density at radius 2 is 2.17 bits per heavy atom. The van der Waals surface area contributed by atoms with Gasteiger partial charge in [0, 0.05) is 0 Å². The highest BCUT2D eigenvalue weighted by Crippen LogP contribution is 2.28. The first kappa shape index (κ1) is 6.97. The molecule has 1 heterocycles. The third-order valence-corrected chi connectivity index (χ3v) is 1.67. The van der Waals surface area contributed by atoms with Gasteiger partial charge in [0.25, 0.3) is 6.01 Å². The molecule has 0 saturated heterocycles. The van der Waals surface area contributed by atoms with Crippen molar-refractivity contribution in [2.75, 3.05) is 0 Å². The van der Waals surface area contributed by atoms with Crippen molar-refractivity contribution in [1.29, 1.82) is 0 Å². The molecule has 2 aromatic rings. The molecule has 0 atom stereocenters. The molecular weight excluding hydrogens is 161 g/mol. The maximum Gasteiger partial charge on any atom is 0.285 e. The maximum atomic E-state index is 12.8. The van der Waals surface area contributed by atoms with Gasteiger partial charge in [0.2, 0.25) is 0 Å². The van der Waals surface area contributed by atoms with Crippen LogP contribution in [0.1, 0.15) is 0 Å². The predicted octanol–water partition coefficient (Wildman–Crippen LogP) is 2.97. The third kappa shape index (κ3) is 0.812. The van der Waals surface area contributed by atoms with Crippen molar-refractivity contribution in [3.8, 4) is 0 Å². The summed E-state index contributed by atoms with van der Waals surface area (Å²) < 4.78 is 17.2. The lowest BCUT2D eigenvalue weighted by atomic mass is 10.2. The van der Waals surface area contributed by atoms with Crippen molar-refractivity contribution in [3.05, 3.63) is 35.4 Å². The van der Waals surface area contributed by atoms with Gasteiger partial charge in [-0.25, -0.2) is 0 Å². The molecule has 0 amide bonds. The summed E-state index contributed by atoms with van der Waals surface area (Å²) in [6, 6.07) is 3.90. The van der Waals surface area contributed by atoms with E-state index in [0.29, 0.717) is 5.39 Å². The first-order valence-corrected chi connectivity index (χ1v) is 3.32. The van der Waals surface area contributed by atoms with Gasteiger partial charge >= 0.3 is 0 Å². The lowest BCUT2D eigenvalue weighted by Gasteiger charge is -1.88. The summed E-state index contributed by atoms with van der Waals surface area (Å²) in [5.41, 5.74) is 0.195. The summed E-state index contributed by atoms with van der Waals surface area (Å²) in [6.07, 6.45) is 1.18. The van der Waals surface area contributed by atoms with Crippen molar-refractivity contribution in [3.63, 3.8) is 0 Å². The van der Waals surface area contributed by atoms with E-state index in [4.69, 9.17) is 0 Å². The fourth-order valence-electron chi connectivity index (χ4n) is 1.10. The SMILES string of the molecule is O=Nc1cccc2c(F)occ12. The normalized spacial score (nSPS) is 10.4. The number of fused-ring (bicyclic) bond motifs is 1. The molecule has 2 rings (SSSR count). The zero-order valence-electron chi connectivity index (χ0n) is 5.95. The van der Waals surface area contributed by atoms with E-state index in [1.165, 1.54) is 18.4 Å². The summed E-state index contributed by atoms with van der Waals surface area (Å²) in [5, 5.41) is 3.43. The highest BCUT2D eigenvalue weighted by molar-refractivity contribution is 5.91. The van der Waals surface area contributed by atoms with E-state index < -0.39 is 6.01 Å². The molecule has 0 unspecified atom stereocenters. The van der Waals surface area contributed by atoms with E-state index >= 15 is 0 Å². The largest absolute Gasteiger partial charge is 0.438 e. The minimum Gasteiger partial charge on any atom is -0.438 e. The second-order valence-corrected chi connectivity index (χ2v) is 2.34. The second kappa shape index (κ2) is 2.41. The Kier molecular flexibility index (Phi) is 1.40. The first-order valence-electron chi connectivity index (χ1n) is 3.32. The van der Waals surface area contributed by atoms with Crippen LogP contribution in [0.2, 0.25) is 0 Å². The fraction of sp³-hybridized carbons (Fsp3) is 0. The van der Waals surface area contributed by atoms with Crippen molar-refractivity contribution in [2.45, 2.75) is 0 Å². The van der Waals surface area contributed by atoms with Crippen molar-refractivity contribution < 1.29 is 8.81 Å². The number of halogens is 1. The monoisotopic (exact) mass is 165 g/mol. The average molecular weight is 165 g/mol. The van der Waals surface area contributed by atoms with E-state index in [-0.39, 0.29) is 11.1 Å². The molecule has 1 aromatic heterocycles. The van der Waals surface area contributed by atoms with Crippen LogP contribution < -0.4 is 0 Å². The summed E-state index contributed by atoms with van der Waals surface area (Å²) in [6.45, 7) is 0. The Balaban J connectivity index is 2.89. The third-order valence-electron chi connectivity index (χ3n) is 1.67. The van der Waals surface area contributed by atoms with Crippen LogP contribution in [0.25, 0.3) is 10.8 Å². The molecule has 0 aliphatic carbocycles. The first-order chi connectivity index (χ1) is 5.83. The van der Waals surface area contributed by atoms with Gasteiger partial charge < -0.3 is 4.42 Å². The zero-order valence-corrected chi connectivity index (χ0v) is 5.95. The molecule has 60 valence electrons. The molecule has 0 radical (unpaired) electrons. The number of benzene rings is 1. The number of nitrogens with zero attached hydrogens (tertiary/aromatic N) is 1. The van der Waals surface area contributed by atoms with Crippen molar-refractivity contribution in [2.24, 2.45) is 5.18 Å². The van der Waals surface area contributed by atoms with Gasteiger partial charge in [0.1, 0.15) is 12.0 Å². The summed E-state index contributed by atoms with van der Waals surface area (Å²) in [5.74, 6) is 0. The van der Waals surface area contributed by atoms with Crippen molar-refractivity contribution in [1.82, 2.24) is 0 Å². The van der Waals surface area contributed by atoms with Crippen LogP contribution in [0.4, 0.5) is 10.1 Å². The number of rotatable bonds is 1. The van der Waals surface area contributed by atoms with Crippen LogP contribution in [0.5, 0.6) is 0 Å². The van der Waals surface area contributed by atoms with Gasteiger partial charge in [0.05, 0.1) is 10.8 Å². The van der Waals surface area contributed by atoms with Crippen LogP contribution in [0, 0.1) is 10.9 Å². The molecule has 0 aliphatic heterocycles. The van der Waals surface area contributed by atoms with Gasteiger partial charge in [-0.15, -0.1) is 4.91 Å². The second-order valence-electron chi connectivity index (χ2n) is 2.34. The van der Waals surface area contributed by atoms with E-state index in [1.807, 2.05) is 0 Å². The molecule has 0 fully saturated rings. The van der Waals surface area contributed by atoms with Crippen molar-refractivity contribution >= 4 is 16.5 Å². The summed E-state index contributed by atoms with van der Waals surface area (Å²) >= 11 is 0. The van der Waals surface area contributed by atoms with Crippen LogP contribution in [0.15, 0.2) is 34.1 Å². The van der Waals surface area contributed by atoms with Crippen LogP contribution in [-0.4, -0.2) is 0 Å². The average Bonchev–Trinajstić information content (AvgIpc) is 2.48. The minimum absolute atomic E-state index is 0.195. The Bertz CT molecular complexity index is 436. The van der Waals surface area contributed by atoms with Gasteiger partial charge in [-0.1, -0.05) is 6.07 Å². The molecule has 1 aromatic carbocycles. The van der Waals surface area contributed by atoms with Crippen LogP contribution in [-0.2, 0) is 0 Å². The summed E-state index contributed by atoms with van der Waals surface area (Å²) in [7, 11) is 0. The van der Waals surface area contributed by atoms with E-state index in [2.05, 4.69) is 9.59 Å². The highest BCUT2D eigenvalue weighted by atomic mass is 19.1. The molecule has 12 heavy (non-hydrogen) atoms.